The first kappa shape index (κ1) is 15.0. The zero-order valence-electron chi connectivity index (χ0n) is 10.6. The third-order valence-corrected chi connectivity index (χ3v) is 4.99. The standard InChI is InChI=1S/C11H11Cl2N3O3S/c1-5-6(2)15-19-11(5)16-20(17,18)8-4-3-7(12)10(14)9(8)13/h3-4,16H,14H2,1-2H3. The van der Waals surface area contributed by atoms with Gasteiger partial charge in [0, 0.05) is 5.56 Å². The highest BCUT2D eigenvalue weighted by Crippen LogP contribution is 2.34. The van der Waals surface area contributed by atoms with Crippen molar-refractivity contribution >= 4 is 44.8 Å². The van der Waals surface area contributed by atoms with Gasteiger partial charge in [0.1, 0.15) is 4.90 Å². The average Bonchev–Trinajstić information content (AvgIpc) is 2.67. The third kappa shape index (κ3) is 2.56. The van der Waals surface area contributed by atoms with Crippen LogP contribution >= 0.6 is 23.2 Å². The number of halogens is 2. The molecule has 20 heavy (non-hydrogen) atoms. The summed E-state index contributed by atoms with van der Waals surface area (Å²) in [6, 6.07) is 2.62. The van der Waals surface area contributed by atoms with Crippen LogP contribution in [0.25, 0.3) is 0 Å². The Hall–Kier alpha value is -1.44. The van der Waals surface area contributed by atoms with Gasteiger partial charge in [-0.25, -0.2) is 13.1 Å². The number of hydrogen-bond donors (Lipinski definition) is 2. The molecule has 108 valence electrons. The second-order valence-corrected chi connectivity index (χ2v) is 6.54. The number of nitrogens with two attached hydrogens (primary N) is 1. The van der Waals surface area contributed by atoms with Crippen LogP contribution in [0.5, 0.6) is 0 Å². The number of nitrogen functional groups attached to an aromatic ring is 1. The topological polar surface area (TPSA) is 98.2 Å². The molecule has 2 aromatic rings. The molecule has 0 radical (unpaired) electrons. The Morgan fingerprint density at radius 3 is 2.50 bits per heavy atom. The molecular formula is C11H11Cl2N3O3S. The summed E-state index contributed by atoms with van der Waals surface area (Å²) in [7, 11) is -3.95. The summed E-state index contributed by atoms with van der Waals surface area (Å²) in [5, 5.41) is 3.71. The summed E-state index contributed by atoms with van der Waals surface area (Å²) in [6.45, 7) is 3.38. The lowest BCUT2D eigenvalue weighted by atomic mass is 10.3. The molecule has 1 aromatic heterocycles. The molecule has 2 rings (SSSR count). The molecule has 1 heterocycles. The molecule has 0 atom stereocenters. The van der Waals surface area contributed by atoms with Crippen molar-refractivity contribution in [2.75, 3.05) is 10.5 Å². The lowest BCUT2D eigenvalue weighted by Crippen LogP contribution is -2.14. The van der Waals surface area contributed by atoms with Crippen molar-refractivity contribution in [2.24, 2.45) is 0 Å². The van der Waals surface area contributed by atoms with Gasteiger partial charge in [-0.1, -0.05) is 28.4 Å². The van der Waals surface area contributed by atoms with Crippen LogP contribution in [-0.4, -0.2) is 13.6 Å². The predicted molar refractivity (Wildman–Crippen MR) is 77.7 cm³/mol. The Morgan fingerprint density at radius 1 is 1.30 bits per heavy atom. The number of nitrogens with one attached hydrogen (secondary N) is 1. The monoisotopic (exact) mass is 335 g/mol. The van der Waals surface area contributed by atoms with Gasteiger partial charge in [0.15, 0.2) is 0 Å². The molecule has 0 aliphatic rings. The van der Waals surface area contributed by atoms with E-state index in [0.29, 0.717) is 11.3 Å². The predicted octanol–water partition coefficient (Wildman–Crippen LogP) is 2.98. The fourth-order valence-electron chi connectivity index (χ4n) is 1.44. The molecule has 3 N–H and O–H groups in total. The summed E-state index contributed by atoms with van der Waals surface area (Å²) in [5.41, 5.74) is 6.79. The van der Waals surface area contributed by atoms with Crippen LogP contribution in [0.2, 0.25) is 10.0 Å². The van der Waals surface area contributed by atoms with Crippen molar-refractivity contribution in [2.45, 2.75) is 18.7 Å². The number of rotatable bonds is 3. The molecule has 0 aliphatic carbocycles. The first-order valence-corrected chi connectivity index (χ1v) is 7.67. The van der Waals surface area contributed by atoms with Crippen LogP contribution < -0.4 is 10.5 Å². The number of anilines is 2. The Bertz CT molecular complexity index is 771. The fourth-order valence-corrected chi connectivity index (χ4v) is 3.26. The smallest absolute Gasteiger partial charge is 0.265 e. The highest BCUT2D eigenvalue weighted by molar-refractivity contribution is 7.92. The summed E-state index contributed by atoms with van der Waals surface area (Å²) >= 11 is 11.7. The fraction of sp³-hybridized carbons (Fsp3) is 0.182. The first-order chi connectivity index (χ1) is 9.24. The molecule has 0 aliphatic heterocycles. The number of nitrogens with zero attached hydrogens (tertiary/aromatic N) is 1. The minimum atomic E-state index is -3.95. The Balaban J connectivity index is 2.46. The molecule has 0 fully saturated rings. The summed E-state index contributed by atoms with van der Waals surface area (Å²) in [4.78, 5) is -0.186. The minimum absolute atomic E-state index is 0.00156. The second-order valence-electron chi connectivity index (χ2n) is 4.10. The zero-order valence-corrected chi connectivity index (χ0v) is 12.9. The van der Waals surface area contributed by atoms with Gasteiger partial charge in [-0.05, 0) is 26.0 Å². The Kier molecular flexibility index (Phi) is 3.86. The van der Waals surface area contributed by atoms with Gasteiger partial charge in [0.25, 0.3) is 10.0 Å². The van der Waals surface area contributed by atoms with Crippen molar-refractivity contribution in [3.05, 3.63) is 33.4 Å². The van der Waals surface area contributed by atoms with Gasteiger partial charge < -0.3 is 10.3 Å². The van der Waals surface area contributed by atoms with Crippen molar-refractivity contribution < 1.29 is 12.9 Å². The van der Waals surface area contributed by atoms with Crippen LogP contribution in [-0.2, 0) is 10.0 Å². The van der Waals surface area contributed by atoms with Crippen LogP contribution in [0.3, 0.4) is 0 Å². The molecule has 0 saturated heterocycles. The summed E-state index contributed by atoms with van der Waals surface area (Å²) in [6.07, 6.45) is 0. The first-order valence-electron chi connectivity index (χ1n) is 5.43. The quantitative estimate of drug-likeness (QED) is 0.840. The molecule has 6 nitrogen and oxygen atoms in total. The molecule has 0 spiro atoms. The van der Waals surface area contributed by atoms with E-state index in [1.807, 2.05) is 0 Å². The van der Waals surface area contributed by atoms with E-state index in [4.69, 9.17) is 33.5 Å². The lowest BCUT2D eigenvalue weighted by molar-refractivity contribution is 0.430. The van der Waals surface area contributed by atoms with Crippen LogP contribution in [0.15, 0.2) is 21.6 Å². The van der Waals surface area contributed by atoms with Gasteiger partial charge in [-0.15, -0.1) is 0 Å². The van der Waals surface area contributed by atoms with E-state index in [-0.39, 0.29) is 26.5 Å². The van der Waals surface area contributed by atoms with Gasteiger partial charge in [0.2, 0.25) is 5.88 Å². The average molecular weight is 336 g/mol. The van der Waals surface area contributed by atoms with Crippen molar-refractivity contribution in [1.82, 2.24) is 5.16 Å². The van der Waals surface area contributed by atoms with E-state index >= 15 is 0 Å². The highest BCUT2D eigenvalue weighted by atomic mass is 35.5. The maximum absolute atomic E-state index is 12.3. The molecule has 9 heteroatoms. The van der Waals surface area contributed by atoms with E-state index in [0.717, 1.165) is 0 Å². The van der Waals surface area contributed by atoms with E-state index in [1.54, 1.807) is 13.8 Å². The van der Waals surface area contributed by atoms with E-state index < -0.39 is 10.0 Å². The molecule has 0 saturated carbocycles. The van der Waals surface area contributed by atoms with Gasteiger partial charge in [-0.2, -0.15) is 0 Å². The van der Waals surface area contributed by atoms with Crippen molar-refractivity contribution in [1.29, 1.82) is 0 Å². The van der Waals surface area contributed by atoms with Gasteiger partial charge >= 0.3 is 0 Å². The number of hydrogen-bond acceptors (Lipinski definition) is 5. The Labute approximate surface area is 125 Å². The lowest BCUT2D eigenvalue weighted by Gasteiger charge is -2.10. The molecule has 0 amide bonds. The molecule has 0 bridgehead atoms. The number of benzene rings is 1. The molecular weight excluding hydrogens is 325 g/mol. The van der Waals surface area contributed by atoms with E-state index in [9.17, 15) is 8.42 Å². The largest absolute Gasteiger partial charge is 0.396 e. The van der Waals surface area contributed by atoms with Crippen LogP contribution in [0.1, 0.15) is 11.3 Å². The summed E-state index contributed by atoms with van der Waals surface area (Å²) in [5.74, 6) is 0.0343. The third-order valence-electron chi connectivity index (χ3n) is 2.76. The van der Waals surface area contributed by atoms with Crippen LogP contribution in [0, 0.1) is 13.8 Å². The van der Waals surface area contributed by atoms with Crippen molar-refractivity contribution in [3.8, 4) is 0 Å². The van der Waals surface area contributed by atoms with Gasteiger partial charge in [-0.3, -0.25) is 0 Å². The highest BCUT2D eigenvalue weighted by Gasteiger charge is 2.23. The second kappa shape index (κ2) is 5.16. The zero-order chi connectivity index (χ0) is 15.1. The van der Waals surface area contributed by atoms with Gasteiger partial charge in [0.05, 0.1) is 21.4 Å². The van der Waals surface area contributed by atoms with Crippen LogP contribution in [0.4, 0.5) is 11.6 Å². The van der Waals surface area contributed by atoms with Crippen molar-refractivity contribution in [3.63, 3.8) is 0 Å². The maximum atomic E-state index is 12.3. The number of aromatic nitrogens is 1. The number of sulfonamides is 1. The van der Waals surface area contributed by atoms with E-state index in [1.165, 1.54) is 12.1 Å². The Morgan fingerprint density at radius 2 is 1.95 bits per heavy atom. The molecule has 0 unspecified atom stereocenters. The molecule has 1 aromatic carbocycles. The SMILES string of the molecule is Cc1noc(NS(=O)(=O)c2ccc(Cl)c(N)c2Cl)c1C. The minimum Gasteiger partial charge on any atom is -0.396 e. The van der Waals surface area contributed by atoms with E-state index in [2.05, 4.69) is 9.88 Å². The maximum Gasteiger partial charge on any atom is 0.265 e. The summed E-state index contributed by atoms with van der Waals surface area (Å²) < 4.78 is 31.7. The number of aryl methyl sites for hydroxylation is 1. The normalized spacial score (nSPS) is 11.6.